The average molecular weight is 301 g/mol. The van der Waals surface area contributed by atoms with Gasteiger partial charge in [0.05, 0.1) is 18.0 Å². The van der Waals surface area contributed by atoms with E-state index < -0.39 is 9.84 Å². The fourth-order valence-electron chi connectivity index (χ4n) is 2.38. The first kappa shape index (κ1) is 17.2. The smallest absolute Gasteiger partial charge is 0.149 e. The van der Waals surface area contributed by atoms with Gasteiger partial charge in [-0.3, -0.25) is 4.68 Å². The summed E-state index contributed by atoms with van der Waals surface area (Å²) in [5.74, 6) is 0.150. The number of aromatic nitrogens is 2. The van der Waals surface area contributed by atoms with Crippen LogP contribution in [-0.2, 0) is 35.6 Å². The minimum Gasteiger partial charge on any atom is -0.317 e. The van der Waals surface area contributed by atoms with Crippen LogP contribution in [0, 0.1) is 0 Å². The third-order valence-electron chi connectivity index (χ3n) is 3.40. The summed E-state index contributed by atoms with van der Waals surface area (Å²) in [5, 5.41) is 7.94. The van der Waals surface area contributed by atoms with Crippen molar-refractivity contribution in [2.75, 3.05) is 25.1 Å². The fourth-order valence-corrected chi connectivity index (χ4v) is 2.89. The Morgan fingerprint density at radius 3 is 2.40 bits per heavy atom. The molecule has 0 saturated heterocycles. The van der Waals surface area contributed by atoms with Gasteiger partial charge in [-0.05, 0) is 37.9 Å². The summed E-state index contributed by atoms with van der Waals surface area (Å²) in [7, 11) is -2.95. The molecule has 0 fully saturated rings. The van der Waals surface area contributed by atoms with E-state index in [0.717, 1.165) is 38.0 Å². The number of hydrogen-bond acceptors (Lipinski definition) is 4. The van der Waals surface area contributed by atoms with Crippen molar-refractivity contribution in [2.24, 2.45) is 0 Å². The van der Waals surface area contributed by atoms with Gasteiger partial charge in [0.15, 0.2) is 0 Å². The lowest BCUT2D eigenvalue weighted by Crippen LogP contribution is -2.17. The molecule has 0 aliphatic carbocycles. The van der Waals surface area contributed by atoms with E-state index in [0.29, 0.717) is 6.54 Å². The van der Waals surface area contributed by atoms with Crippen LogP contribution < -0.4 is 5.32 Å². The van der Waals surface area contributed by atoms with E-state index in [4.69, 9.17) is 0 Å². The van der Waals surface area contributed by atoms with Gasteiger partial charge in [-0.1, -0.05) is 20.8 Å². The van der Waals surface area contributed by atoms with E-state index in [1.807, 2.05) is 4.68 Å². The first-order valence-electron chi connectivity index (χ1n) is 7.38. The number of nitrogens with zero attached hydrogens (tertiary/aromatic N) is 2. The summed E-state index contributed by atoms with van der Waals surface area (Å²) in [5.41, 5.74) is 3.58. The lowest BCUT2D eigenvalue weighted by Gasteiger charge is -2.08. The summed E-state index contributed by atoms with van der Waals surface area (Å²) >= 11 is 0. The second-order valence-electron chi connectivity index (χ2n) is 5.04. The molecule has 0 aliphatic heterocycles. The van der Waals surface area contributed by atoms with Gasteiger partial charge in [0, 0.05) is 11.9 Å². The number of sulfone groups is 1. The maximum absolute atomic E-state index is 11.3. The third-order valence-corrected chi connectivity index (χ3v) is 4.32. The first-order chi connectivity index (χ1) is 9.42. The van der Waals surface area contributed by atoms with Gasteiger partial charge >= 0.3 is 0 Å². The van der Waals surface area contributed by atoms with Crippen molar-refractivity contribution < 1.29 is 8.42 Å². The zero-order chi connectivity index (χ0) is 15.2. The second kappa shape index (κ2) is 7.78. The van der Waals surface area contributed by atoms with E-state index in [-0.39, 0.29) is 5.75 Å². The van der Waals surface area contributed by atoms with E-state index >= 15 is 0 Å². The largest absolute Gasteiger partial charge is 0.317 e. The minimum absolute atomic E-state index is 0.150. The van der Waals surface area contributed by atoms with Gasteiger partial charge in [0.1, 0.15) is 9.84 Å². The van der Waals surface area contributed by atoms with Crippen molar-refractivity contribution in [1.29, 1.82) is 0 Å². The molecule has 0 saturated carbocycles. The predicted molar refractivity (Wildman–Crippen MR) is 82.9 cm³/mol. The van der Waals surface area contributed by atoms with Gasteiger partial charge in [-0.15, -0.1) is 0 Å². The monoisotopic (exact) mass is 301 g/mol. The molecule has 0 spiro atoms. The van der Waals surface area contributed by atoms with Gasteiger partial charge in [-0.2, -0.15) is 5.10 Å². The molecule has 1 heterocycles. The molecule has 0 bridgehead atoms. The molecule has 1 aromatic rings. The van der Waals surface area contributed by atoms with E-state index in [2.05, 4.69) is 31.2 Å². The number of rotatable bonds is 9. The van der Waals surface area contributed by atoms with Gasteiger partial charge in [-0.25, -0.2) is 8.42 Å². The van der Waals surface area contributed by atoms with Gasteiger partial charge < -0.3 is 5.32 Å². The third kappa shape index (κ3) is 4.90. The van der Waals surface area contributed by atoms with Gasteiger partial charge in [0.2, 0.25) is 0 Å². The Labute approximate surface area is 122 Å². The lowest BCUT2D eigenvalue weighted by atomic mass is 10.1. The molecule has 0 aliphatic rings. The fraction of sp³-hybridized carbons (Fsp3) is 0.786. The van der Waals surface area contributed by atoms with Crippen LogP contribution in [0.15, 0.2) is 0 Å². The van der Waals surface area contributed by atoms with Crippen LogP contribution in [0.25, 0.3) is 0 Å². The van der Waals surface area contributed by atoms with Crippen molar-refractivity contribution in [3.63, 3.8) is 0 Å². The van der Waals surface area contributed by atoms with E-state index in [1.54, 1.807) is 0 Å². The molecule has 0 unspecified atom stereocenters. The summed E-state index contributed by atoms with van der Waals surface area (Å²) in [4.78, 5) is 0. The molecule has 1 N–H and O–H groups in total. The first-order valence-corrected chi connectivity index (χ1v) is 9.44. The Bertz CT molecular complexity index is 521. The highest BCUT2D eigenvalue weighted by molar-refractivity contribution is 7.90. The molecule has 0 aromatic carbocycles. The Morgan fingerprint density at radius 2 is 1.90 bits per heavy atom. The molecule has 6 heteroatoms. The summed E-state index contributed by atoms with van der Waals surface area (Å²) in [6.07, 6.45) is 4.01. The molecule has 116 valence electrons. The van der Waals surface area contributed by atoms with E-state index in [9.17, 15) is 8.42 Å². The van der Waals surface area contributed by atoms with Crippen molar-refractivity contribution >= 4 is 9.84 Å². The van der Waals surface area contributed by atoms with Crippen molar-refractivity contribution in [3.05, 3.63) is 17.0 Å². The number of likely N-dealkylation sites (N-methyl/N-ethyl adjacent to an activating group) is 1. The quantitative estimate of drug-likeness (QED) is 0.696. The topological polar surface area (TPSA) is 64.0 Å². The van der Waals surface area contributed by atoms with E-state index in [1.165, 1.54) is 17.5 Å². The minimum atomic E-state index is -2.95. The highest BCUT2D eigenvalue weighted by Crippen LogP contribution is 2.17. The normalized spacial score (nSPS) is 12.0. The van der Waals surface area contributed by atoms with Gasteiger partial charge in [0.25, 0.3) is 0 Å². The molecule has 20 heavy (non-hydrogen) atoms. The summed E-state index contributed by atoms with van der Waals surface area (Å²) in [6, 6.07) is 0. The van der Waals surface area contributed by atoms with Crippen molar-refractivity contribution in [3.8, 4) is 0 Å². The van der Waals surface area contributed by atoms with Crippen LogP contribution in [0.3, 0.4) is 0 Å². The molecule has 0 amide bonds. The summed E-state index contributed by atoms with van der Waals surface area (Å²) < 4.78 is 24.5. The molecule has 1 aromatic heterocycles. The maximum atomic E-state index is 11.3. The van der Waals surface area contributed by atoms with Crippen LogP contribution in [0.1, 0.15) is 37.7 Å². The maximum Gasteiger partial charge on any atom is 0.149 e. The van der Waals surface area contributed by atoms with Crippen molar-refractivity contribution in [2.45, 2.75) is 46.6 Å². The standard InChI is InChI=1S/C14H27N3O2S/c1-5-13-12(8-9-15-7-3)14(6-2)17(16-13)10-11-20(4,18)19/h15H,5-11H2,1-4H3. The highest BCUT2D eigenvalue weighted by Gasteiger charge is 2.16. The lowest BCUT2D eigenvalue weighted by molar-refractivity contribution is 0.576. The Hall–Kier alpha value is -0.880. The SMILES string of the molecule is CCNCCc1c(CC)nn(CCS(C)(=O)=O)c1CC. The Balaban J connectivity index is 2.94. The highest BCUT2D eigenvalue weighted by atomic mass is 32.2. The van der Waals surface area contributed by atoms with Crippen LogP contribution in [0.2, 0.25) is 0 Å². The Kier molecular flexibility index (Phi) is 6.68. The van der Waals surface area contributed by atoms with Crippen molar-refractivity contribution in [1.82, 2.24) is 15.1 Å². The predicted octanol–water partition coefficient (Wildman–Crippen LogP) is 1.20. The van der Waals surface area contributed by atoms with Crippen LogP contribution in [-0.4, -0.2) is 43.3 Å². The molecular formula is C14H27N3O2S. The number of hydrogen-bond donors (Lipinski definition) is 1. The number of aryl methyl sites for hydroxylation is 2. The van der Waals surface area contributed by atoms with Crippen LogP contribution in [0.4, 0.5) is 0 Å². The summed E-state index contributed by atoms with van der Waals surface area (Å²) in [6.45, 7) is 8.65. The van der Waals surface area contributed by atoms with Crippen LogP contribution >= 0.6 is 0 Å². The molecule has 0 atom stereocenters. The molecular weight excluding hydrogens is 274 g/mol. The zero-order valence-electron chi connectivity index (χ0n) is 13.1. The molecule has 5 nitrogen and oxygen atoms in total. The van der Waals surface area contributed by atoms with Crippen LogP contribution in [0.5, 0.6) is 0 Å². The zero-order valence-corrected chi connectivity index (χ0v) is 13.9. The number of nitrogens with one attached hydrogen (secondary N) is 1. The molecule has 1 rings (SSSR count). The average Bonchev–Trinajstić information content (AvgIpc) is 2.73. The Morgan fingerprint density at radius 1 is 1.20 bits per heavy atom. The second-order valence-corrected chi connectivity index (χ2v) is 7.30. The molecule has 0 radical (unpaired) electrons.